The van der Waals surface area contributed by atoms with E-state index in [-0.39, 0.29) is 0 Å². The fourth-order valence-electron chi connectivity index (χ4n) is 4.94. The first-order chi connectivity index (χ1) is 17.3. The van der Waals surface area contributed by atoms with Gasteiger partial charge < -0.3 is 9.47 Å². The molecular formula is C32H38F2O2. The number of hydrogen-bond acceptors (Lipinski definition) is 2. The lowest BCUT2D eigenvalue weighted by atomic mass is 9.79. The van der Waals surface area contributed by atoms with Gasteiger partial charge in [-0.15, -0.1) is 0 Å². The summed E-state index contributed by atoms with van der Waals surface area (Å²) in [5.74, 6) is 2.11. The van der Waals surface area contributed by atoms with Crippen molar-refractivity contribution in [3.8, 4) is 22.6 Å². The van der Waals surface area contributed by atoms with E-state index in [1.165, 1.54) is 31.6 Å². The third-order valence-corrected chi connectivity index (χ3v) is 7.77. The van der Waals surface area contributed by atoms with Crippen molar-refractivity contribution in [1.29, 1.82) is 0 Å². The minimum absolute atomic E-state index is 0.323. The average molecular weight is 493 g/mol. The molecule has 2 nitrogen and oxygen atoms in total. The molecule has 1 saturated carbocycles. The second-order valence-electron chi connectivity index (χ2n) is 10.7. The second kappa shape index (κ2) is 11.0. The smallest absolute Gasteiger partial charge is 0.131 e. The van der Waals surface area contributed by atoms with Gasteiger partial charge in [0.05, 0.1) is 7.11 Å². The highest BCUT2D eigenvalue weighted by Crippen LogP contribution is 2.46. The molecule has 0 aromatic heterocycles. The van der Waals surface area contributed by atoms with Crippen LogP contribution in [0.4, 0.5) is 8.78 Å². The molecule has 1 fully saturated rings. The van der Waals surface area contributed by atoms with E-state index >= 15 is 4.39 Å². The molecule has 0 saturated heterocycles. The van der Waals surface area contributed by atoms with Crippen LogP contribution in [-0.2, 0) is 6.61 Å². The summed E-state index contributed by atoms with van der Waals surface area (Å²) in [6.45, 7) is 8.41. The summed E-state index contributed by atoms with van der Waals surface area (Å²) in [6, 6.07) is 18.5. The van der Waals surface area contributed by atoms with Gasteiger partial charge in [0.15, 0.2) is 0 Å². The molecule has 36 heavy (non-hydrogen) atoms. The summed E-state index contributed by atoms with van der Waals surface area (Å²) in [6.07, 6.45) is 3.14. The Labute approximate surface area is 214 Å². The molecule has 4 rings (SSSR count). The van der Waals surface area contributed by atoms with Crippen molar-refractivity contribution in [2.24, 2.45) is 11.3 Å². The molecule has 1 aliphatic carbocycles. The maximum atomic E-state index is 16.0. The lowest BCUT2D eigenvalue weighted by molar-refractivity contribution is 0.139. The average Bonchev–Trinajstić information content (AvgIpc) is 3.73. The second-order valence-corrected chi connectivity index (χ2v) is 10.7. The van der Waals surface area contributed by atoms with Crippen LogP contribution in [-0.4, -0.2) is 7.11 Å². The van der Waals surface area contributed by atoms with Crippen LogP contribution in [0.25, 0.3) is 11.1 Å². The van der Waals surface area contributed by atoms with E-state index in [0.717, 1.165) is 17.9 Å². The van der Waals surface area contributed by atoms with Crippen molar-refractivity contribution in [2.75, 3.05) is 7.11 Å². The number of methoxy groups -OCH3 is 1. The van der Waals surface area contributed by atoms with Crippen LogP contribution >= 0.6 is 0 Å². The summed E-state index contributed by atoms with van der Waals surface area (Å²) in [7, 11) is 1.54. The van der Waals surface area contributed by atoms with Crippen molar-refractivity contribution < 1.29 is 18.3 Å². The first-order valence-electron chi connectivity index (χ1n) is 13.1. The number of hydrogen-bond donors (Lipinski definition) is 0. The molecule has 0 spiro atoms. The van der Waals surface area contributed by atoms with Gasteiger partial charge >= 0.3 is 0 Å². The van der Waals surface area contributed by atoms with Crippen LogP contribution in [0.2, 0.25) is 0 Å². The Kier molecular flexibility index (Phi) is 8.02. The van der Waals surface area contributed by atoms with E-state index in [2.05, 4.69) is 31.2 Å². The quantitative estimate of drug-likeness (QED) is 0.265. The lowest BCUT2D eigenvalue weighted by Gasteiger charge is -2.29. The van der Waals surface area contributed by atoms with Crippen molar-refractivity contribution >= 4 is 0 Å². The fourth-order valence-corrected chi connectivity index (χ4v) is 4.94. The van der Waals surface area contributed by atoms with Crippen molar-refractivity contribution in [3.05, 3.63) is 83.2 Å². The van der Waals surface area contributed by atoms with Crippen LogP contribution in [0.5, 0.6) is 11.5 Å². The van der Waals surface area contributed by atoms with Gasteiger partial charge in [-0.1, -0.05) is 58.0 Å². The van der Waals surface area contributed by atoms with Crippen molar-refractivity contribution in [2.45, 2.75) is 72.1 Å². The number of halogens is 2. The predicted octanol–water partition coefficient (Wildman–Crippen LogP) is 9.43. The van der Waals surface area contributed by atoms with Crippen LogP contribution in [0, 0.1) is 17.2 Å². The summed E-state index contributed by atoms with van der Waals surface area (Å²) in [4.78, 5) is 0. The van der Waals surface area contributed by atoms with Gasteiger partial charge in [0.1, 0.15) is 30.1 Å². The van der Waals surface area contributed by atoms with Crippen LogP contribution in [0.3, 0.4) is 0 Å². The van der Waals surface area contributed by atoms with E-state index in [1.807, 2.05) is 20.8 Å². The first-order valence-corrected chi connectivity index (χ1v) is 13.1. The number of benzene rings is 3. The molecule has 4 heteroatoms. The molecule has 3 aromatic rings. The van der Waals surface area contributed by atoms with Crippen LogP contribution in [0.15, 0.2) is 60.7 Å². The zero-order valence-electron chi connectivity index (χ0n) is 22.1. The maximum absolute atomic E-state index is 16.0. The first kappa shape index (κ1) is 26.2. The Balaban J connectivity index is 1.64. The van der Waals surface area contributed by atoms with Crippen molar-refractivity contribution in [3.63, 3.8) is 0 Å². The minimum atomic E-state index is -1.29. The Morgan fingerprint density at radius 1 is 0.944 bits per heavy atom. The van der Waals surface area contributed by atoms with E-state index in [1.54, 1.807) is 30.3 Å². The lowest BCUT2D eigenvalue weighted by Crippen LogP contribution is -2.18. The molecular weight excluding hydrogens is 454 g/mol. The molecule has 1 aliphatic rings. The zero-order chi connectivity index (χ0) is 25.9. The number of ether oxygens (including phenoxy) is 2. The molecule has 0 heterocycles. The zero-order valence-corrected chi connectivity index (χ0v) is 22.1. The number of alkyl halides is 1. The molecule has 3 aromatic carbocycles. The monoisotopic (exact) mass is 492 g/mol. The van der Waals surface area contributed by atoms with E-state index < -0.39 is 17.4 Å². The predicted molar refractivity (Wildman–Crippen MR) is 143 cm³/mol. The minimum Gasteiger partial charge on any atom is -0.497 e. The van der Waals surface area contributed by atoms with Gasteiger partial charge in [-0.25, -0.2) is 8.78 Å². The topological polar surface area (TPSA) is 18.5 Å². The van der Waals surface area contributed by atoms with Gasteiger partial charge in [0, 0.05) is 5.56 Å². The summed E-state index contributed by atoms with van der Waals surface area (Å²) in [5.41, 5.74) is 3.13. The molecule has 2 atom stereocenters. The Hall–Kier alpha value is -2.88. The molecule has 0 radical (unpaired) electrons. The maximum Gasteiger partial charge on any atom is 0.131 e. The molecule has 0 aliphatic heterocycles. The molecule has 0 N–H and O–H groups in total. The normalized spacial score (nSPS) is 15.4. The van der Waals surface area contributed by atoms with E-state index in [9.17, 15) is 4.39 Å². The summed E-state index contributed by atoms with van der Waals surface area (Å²) in [5, 5.41) is 0. The Morgan fingerprint density at radius 2 is 1.69 bits per heavy atom. The van der Waals surface area contributed by atoms with Gasteiger partial charge in [-0.05, 0) is 95.5 Å². The third kappa shape index (κ3) is 5.74. The van der Waals surface area contributed by atoms with Gasteiger partial charge in [-0.2, -0.15) is 0 Å². The van der Waals surface area contributed by atoms with E-state index in [4.69, 9.17) is 9.47 Å². The largest absolute Gasteiger partial charge is 0.497 e. The van der Waals surface area contributed by atoms with Crippen LogP contribution < -0.4 is 9.47 Å². The molecule has 192 valence electrons. The SMILES string of the molecule is CCC(c1cccc(COc2ccc(-c3cc(OC)ccc3F)c(C(F)C(C)(C)CC)c2)c1)C1CC1. The molecule has 0 bridgehead atoms. The van der Waals surface area contributed by atoms with Crippen molar-refractivity contribution in [1.82, 2.24) is 0 Å². The van der Waals surface area contributed by atoms with E-state index in [0.29, 0.717) is 47.1 Å². The highest BCUT2D eigenvalue weighted by atomic mass is 19.1. The molecule has 2 unspecified atom stereocenters. The Morgan fingerprint density at radius 3 is 2.36 bits per heavy atom. The standard InChI is InChI=1S/C32H38F2O2/c1-6-26(22-11-12-22)23-10-8-9-21(17-23)20-36-25-13-15-27(28-18-24(35-5)14-16-30(28)33)29(19-25)31(34)32(3,4)7-2/h8-10,13-19,22,26,31H,6-7,11-12,20H2,1-5H3. The van der Waals surface area contributed by atoms with Crippen LogP contribution in [0.1, 0.15) is 82.2 Å². The fraction of sp³-hybridized carbons (Fsp3) is 0.438. The van der Waals surface area contributed by atoms with Gasteiger partial charge in [-0.3, -0.25) is 0 Å². The molecule has 0 amide bonds. The third-order valence-electron chi connectivity index (χ3n) is 7.77. The highest BCUT2D eigenvalue weighted by molar-refractivity contribution is 5.71. The summed E-state index contributed by atoms with van der Waals surface area (Å²) >= 11 is 0. The summed E-state index contributed by atoms with van der Waals surface area (Å²) < 4.78 is 42.3. The number of rotatable bonds is 11. The van der Waals surface area contributed by atoms with Gasteiger partial charge in [0.2, 0.25) is 0 Å². The highest BCUT2D eigenvalue weighted by Gasteiger charge is 2.32. The van der Waals surface area contributed by atoms with Gasteiger partial charge in [0.25, 0.3) is 0 Å². The Bertz CT molecular complexity index is 1180.